The molecular formula is C19H21FN8. The predicted octanol–water partition coefficient (Wildman–Crippen LogP) is 1.78. The molecule has 1 saturated heterocycles. The third kappa shape index (κ3) is 4.30. The Morgan fingerprint density at radius 3 is 2.39 bits per heavy atom. The number of hydrogen-bond acceptors (Lipinski definition) is 8. The highest BCUT2D eigenvalue weighted by Gasteiger charge is 2.21. The predicted molar refractivity (Wildman–Crippen MR) is 105 cm³/mol. The molecule has 8 nitrogen and oxygen atoms in total. The fraction of sp³-hybridized carbons (Fsp3) is 0.316. The highest BCUT2D eigenvalue weighted by molar-refractivity contribution is 5.41. The first-order chi connectivity index (χ1) is 13.8. The summed E-state index contributed by atoms with van der Waals surface area (Å²) in [4.78, 5) is 17.4. The first-order valence-electron chi connectivity index (χ1n) is 9.23. The molecule has 0 amide bonds. The van der Waals surface area contributed by atoms with E-state index in [1.165, 1.54) is 6.07 Å². The van der Waals surface area contributed by atoms with Gasteiger partial charge in [0.1, 0.15) is 5.82 Å². The van der Waals surface area contributed by atoms with E-state index >= 15 is 0 Å². The van der Waals surface area contributed by atoms with Crippen LogP contribution in [0.1, 0.15) is 5.56 Å². The average Bonchev–Trinajstić information content (AvgIpc) is 2.76. The van der Waals surface area contributed by atoms with Gasteiger partial charge >= 0.3 is 0 Å². The van der Waals surface area contributed by atoms with E-state index in [-0.39, 0.29) is 5.82 Å². The normalized spacial score (nSPS) is 14.2. The molecule has 0 atom stereocenters. The minimum absolute atomic E-state index is 0.189. The van der Waals surface area contributed by atoms with Crippen molar-refractivity contribution in [1.29, 1.82) is 0 Å². The number of benzene rings is 1. The van der Waals surface area contributed by atoms with Crippen molar-refractivity contribution in [3.05, 3.63) is 60.3 Å². The van der Waals surface area contributed by atoms with Gasteiger partial charge in [0.15, 0.2) is 5.82 Å². The Morgan fingerprint density at radius 2 is 1.64 bits per heavy atom. The molecule has 1 aromatic carbocycles. The molecule has 0 aliphatic carbocycles. The van der Waals surface area contributed by atoms with Crippen LogP contribution in [0, 0.1) is 5.82 Å². The summed E-state index contributed by atoms with van der Waals surface area (Å²) < 4.78 is 13.7. The van der Waals surface area contributed by atoms with Crippen molar-refractivity contribution < 1.29 is 4.39 Å². The SMILES string of the molecule is Fc1ccccc1CCNc1cnnc(N2CCN(c3ncccn3)CC2)n1. The molecule has 144 valence electrons. The maximum absolute atomic E-state index is 13.7. The lowest BCUT2D eigenvalue weighted by Crippen LogP contribution is -2.47. The van der Waals surface area contributed by atoms with Gasteiger partial charge in [0.2, 0.25) is 11.9 Å². The zero-order chi connectivity index (χ0) is 19.2. The summed E-state index contributed by atoms with van der Waals surface area (Å²) in [7, 11) is 0. The number of rotatable bonds is 6. The number of hydrogen-bond donors (Lipinski definition) is 1. The van der Waals surface area contributed by atoms with Crippen LogP contribution in [-0.4, -0.2) is 57.9 Å². The van der Waals surface area contributed by atoms with Gasteiger partial charge in [0, 0.05) is 45.1 Å². The number of nitrogens with one attached hydrogen (secondary N) is 1. The number of anilines is 3. The van der Waals surface area contributed by atoms with Gasteiger partial charge in [0.25, 0.3) is 0 Å². The highest BCUT2D eigenvalue weighted by Crippen LogP contribution is 2.15. The average molecular weight is 380 g/mol. The Hall–Kier alpha value is -3.36. The standard InChI is InChI=1S/C19H21FN8/c20-16-5-2-1-4-15(16)6-9-21-17-14-24-26-19(25-17)28-12-10-27(11-13-28)18-22-7-3-8-23-18/h1-5,7-8,14H,6,9-13H2,(H,21,25,26). The molecule has 0 spiro atoms. The van der Waals surface area contributed by atoms with Gasteiger partial charge in [0.05, 0.1) is 6.20 Å². The van der Waals surface area contributed by atoms with Gasteiger partial charge < -0.3 is 15.1 Å². The molecule has 0 bridgehead atoms. The third-order valence-corrected chi connectivity index (χ3v) is 4.60. The van der Waals surface area contributed by atoms with E-state index in [4.69, 9.17) is 0 Å². The summed E-state index contributed by atoms with van der Waals surface area (Å²) in [5.74, 6) is 1.77. The first-order valence-corrected chi connectivity index (χ1v) is 9.23. The molecular weight excluding hydrogens is 359 g/mol. The van der Waals surface area contributed by atoms with E-state index in [9.17, 15) is 4.39 Å². The highest BCUT2D eigenvalue weighted by atomic mass is 19.1. The number of aromatic nitrogens is 5. The van der Waals surface area contributed by atoms with E-state index in [1.807, 2.05) is 12.1 Å². The van der Waals surface area contributed by atoms with Crippen molar-refractivity contribution in [2.24, 2.45) is 0 Å². The molecule has 1 fully saturated rings. The maximum Gasteiger partial charge on any atom is 0.247 e. The summed E-state index contributed by atoms with van der Waals surface area (Å²) in [6.07, 6.45) is 5.65. The monoisotopic (exact) mass is 380 g/mol. The van der Waals surface area contributed by atoms with Crippen molar-refractivity contribution in [3.8, 4) is 0 Å². The second kappa shape index (κ2) is 8.55. The first kappa shape index (κ1) is 18.0. The van der Waals surface area contributed by atoms with Crippen molar-refractivity contribution in [2.45, 2.75) is 6.42 Å². The van der Waals surface area contributed by atoms with Crippen molar-refractivity contribution in [3.63, 3.8) is 0 Å². The fourth-order valence-corrected chi connectivity index (χ4v) is 3.10. The Labute approximate surface area is 162 Å². The Morgan fingerprint density at radius 1 is 0.929 bits per heavy atom. The van der Waals surface area contributed by atoms with Crippen molar-refractivity contribution >= 4 is 17.7 Å². The summed E-state index contributed by atoms with van der Waals surface area (Å²) >= 11 is 0. The number of halogens is 1. The molecule has 1 N–H and O–H groups in total. The van der Waals surface area contributed by atoms with Crippen LogP contribution in [0.5, 0.6) is 0 Å². The van der Waals surface area contributed by atoms with Crippen molar-refractivity contribution in [1.82, 2.24) is 25.1 Å². The van der Waals surface area contributed by atoms with Crippen LogP contribution in [0.4, 0.5) is 22.1 Å². The lowest BCUT2D eigenvalue weighted by Gasteiger charge is -2.34. The van der Waals surface area contributed by atoms with E-state index in [0.717, 1.165) is 32.1 Å². The van der Waals surface area contributed by atoms with Crippen LogP contribution in [-0.2, 0) is 6.42 Å². The minimum Gasteiger partial charge on any atom is -0.368 e. The van der Waals surface area contributed by atoms with Crippen LogP contribution in [0.3, 0.4) is 0 Å². The molecule has 1 aliphatic rings. The quantitative estimate of drug-likeness (QED) is 0.693. The van der Waals surface area contributed by atoms with Gasteiger partial charge in [-0.05, 0) is 24.1 Å². The van der Waals surface area contributed by atoms with E-state index in [2.05, 4.69) is 40.3 Å². The molecule has 9 heteroatoms. The van der Waals surface area contributed by atoms with Crippen LogP contribution >= 0.6 is 0 Å². The van der Waals surface area contributed by atoms with E-state index < -0.39 is 0 Å². The topological polar surface area (TPSA) is 83.0 Å². The molecule has 3 aromatic rings. The summed E-state index contributed by atoms with van der Waals surface area (Å²) in [5, 5.41) is 11.4. The molecule has 0 radical (unpaired) electrons. The second-order valence-electron chi connectivity index (χ2n) is 6.43. The zero-order valence-corrected chi connectivity index (χ0v) is 15.4. The molecule has 4 rings (SSSR count). The van der Waals surface area contributed by atoms with Crippen LogP contribution in [0.25, 0.3) is 0 Å². The van der Waals surface area contributed by atoms with E-state index in [1.54, 1.807) is 30.7 Å². The Kier molecular flexibility index (Phi) is 5.51. The van der Waals surface area contributed by atoms with E-state index in [0.29, 0.717) is 30.3 Å². The zero-order valence-electron chi connectivity index (χ0n) is 15.4. The second-order valence-corrected chi connectivity index (χ2v) is 6.43. The van der Waals surface area contributed by atoms with Gasteiger partial charge in [-0.25, -0.2) is 14.4 Å². The van der Waals surface area contributed by atoms with Crippen LogP contribution in [0.15, 0.2) is 48.9 Å². The van der Waals surface area contributed by atoms with Gasteiger partial charge in [-0.3, -0.25) is 0 Å². The summed E-state index contributed by atoms with van der Waals surface area (Å²) in [5.41, 5.74) is 0.677. The molecule has 2 aromatic heterocycles. The van der Waals surface area contributed by atoms with Crippen molar-refractivity contribution in [2.75, 3.05) is 47.8 Å². The smallest absolute Gasteiger partial charge is 0.247 e. The number of piperazine rings is 1. The van der Waals surface area contributed by atoms with Gasteiger partial charge in [-0.1, -0.05) is 18.2 Å². The lowest BCUT2D eigenvalue weighted by molar-refractivity contribution is 0.610. The van der Waals surface area contributed by atoms with Gasteiger partial charge in [-0.2, -0.15) is 10.1 Å². The summed E-state index contributed by atoms with van der Waals surface area (Å²) in [6.45, 7) is 3.67. The maximum atomic E-state index is 13.7. The Balaban J connectivity index is 1.32. The largest absolute Gasteiger partial charge is 0.368 e. The Bertz CT molecular complexity index is 899. The molecule has 28 heavy (non-hydrogen) atoms. The third-order valence-electron chi connectivity index (χ3n) is 4.60. The fourth-order valence-electron chi connectivity index (χ4n) is 3.10. The van der Waals surface area contributed by atoms with Crippen LogP contribution < -0.4 is 15.1 Å². The lowest BCUT2D eigenvalue weighted by atomic mass is 10.1. The van der Waals surface area contributed by atoms with Gasteiger partial charge in [-0.15, -0.1) is 5.10 Å². The number of nitrogens with zero attached hydrogens (tertiary/aromatic N) is 7. The minimum atomic E-state index is -0.189. The molecule has 1 aliphatic heterocycles. The molecule has 0 unspecified atom stereocenters. The molecule has 0 saturated carbocycles. The molecule has 3 heterocycles. The van der Waals surface area contributed by atoms with Crippen LogP contribution in [0.2, 0.25) is 0 Å². The summed E-state index contributed by atoms with van der Waals surface area (Å²) in [6, 6.07) is 8.60.